The molecule has 1 aromatic rings. The highest BCUT2D eigenvalue weighted by Crippen LogP contribution is 2.64. The molecule has 2 unspecified atom stereocenters. The van der Waals surface area contributed by atoms with E-state index in [4.69, 9.17) is 4.74 Å². The van der Waals surface area contributed by atoms with E-state index in [1.54, 1.807) is 33.9 Å². The third-order valence-electron chi connectivity index (χ3n) is 9.88. The van der Waals surface area contributed by atoms with E-state index in [1.165, 1.54) is 0 Å². The minimum atomic E-state index is -1.09. The summed E-state index contributed by atoms with van der Waals surface area (Å²) in [7, 11) is 1.73. The Kier molecular flexibility index (Phi) is 10.4. The number of hydrogen-bond acceptors (Lipinski definition) is 6. The van der Waals surface area contributed by atoms with Gasteiger partial charge in [0, 0.05) is 57.8 Å². The Morgan fingerprint density at radius 1 is 1.00 bits per heavy atom. The predicted molar refractivity (Wildman–Crippen MR) is 170 cm³/mol. The van der Waals surface area contributed by atoms with E-state index in [-0.39, 0.29) is 30.9 Å². The number of amides is 3. The van der Waals surface area contributed by atoms with Crippen molar-refractivity contribution in [3.63, 3.8) is 0 Å². The predicted octanol–water partition coefficient (Wildman–Crippen LogP) is 4.01. The summed E-state index contributed by atoms with van der Waals surface area (Å²) in [5.74, 6) is -1.93. The molecule has 3 saturated heterocycles. The van der Waals surface area contributed by atoms with E-state index >= 15 is 0 Å². The SMILES string of the molecule is C=CCN(C)C(=O)[C@H]1[C@H]2C(=O)N(CCCCCO)C(C(=O)N(CC=C)c3ccc(N(CC)CC)cc3)C23CC[C@]1(CC)O3. The fourth-order valence-corrected chi connectivity index (χ4v) is 7.74. The van der Waals surface area contributed by atoms with E-state index in [2.05, 4.69) is 31.9 Å². The molecule has 2 bridgehead atoms. The van der Waals surface area contributed by atoms with Crippen molar-refractivity contribution in [2.45, 2.75) is 76.5 Å². The Morgan fingerprint density at radius 2 is 1.65 bits per heavy atom. The first-order valence-electron chi connectivity index (χ1n) is 15.9. The molecular formula is C34H50N4O5. The van der Waals surface area contributed by atoms with Gasteiger partial charge in [-0.15, -0.1) is 13.2 Å². The summed E-state index contributed by atoms with van der Waals surface area (Å²) < 4.78 is 6.93. The number of aliphatic hydroxyl groups is 1. The van der Waals surface area contributed by atoms with Crippen LogP contribution in [0.2, 0.25) is 0 Å². The maximum atomic E-state index is 14.8. The number of likely N-dealkylation sites (tertiary alicyclic amines) is 1. The van der Waals surface area contributed by atoms with Crippen molar-refractivity contribution in [2.24, 2.45) is 11.8 Å². The van der Waals surface area contributed by atoms with Crippen LogP contribution in [0, 0.1) is 11.8 Å². The van der Waals surface area contributed by atoms with E-state index in [0.717, 1.165) is 30.9 Å². The number of unbranched alkanes of at least 4 members (excludes halogenated alkanes) is 2. The van der Waals surface area contributed by atoms with Crippen LogP contribution in [0.1, 0.15) is 59.3 Å². The second kappa shape index (κ2) is 13.6. The smallest absolute Gasteiger partial charge is 0.253 e. The van der Waals surface area contributed by atoms with Crippen LogP contribution < -0.4 is 9.80 Å². The molecular weight excluding hydrogens is 544 g/mol. The second-order valence-electron chi connectivity index (χ2n) is 12.1. The quantitative estimate of drug-likeness (QED) is 0.230. The summed E-state index contributed by atoms with van der Waals surface area (Å²) in [6.07, 6.45) is 7.11. The average Bonchev–Trinajstić information content (AvgIpc) is 3.62. The summed E-state index contributed by atoms with van der Waals surface area (Å²) in [5.41, 5.74) is -0.0721. The summed E-state index contributed by atoms with van der Waals surface area (Å²) in [6.45, 7) is 16.8. The van der Waals surface area contributed by atoms with Gasteiger partial charge >= 0.3 is 0 Å². The van der Waals surface area contributed by atoms with Crippen LogP contribution in [-0.4, -0.2) is 96.3 Å². The number of anilines is 2. The number of benzene rings is 1. The molecule has 0 saturated carbocycles. The molecule has 0 aromatic heterocycles. The molecule has 3 aliphatic heterocycles. The lowest BCUT2D eigenvalue weighted by Crippen LogP contribution is -2.56. The number of nitrogens with zero attached hydrogens (tertiary/aromatic N) is 4. The number of carbonyl (C=O) groups is 3. The Labute approximate surface area is 257 Å². The van der Waals surface area contributed by atoms with Gasteiger partial charge in [-0.05, 0) is 76.6 Å². The van der Waals surface area contributed by atoms with Crippen LogP contribution in [-0.2, 0) is 19.1 Å². The van der Waals surface area contributed by atoms with Crippen LogP contribution in [0.4, 0.5) is 11.4 Å². The summed E-state index contributed by atoms with van der Waals surface area (Å²) in [5, 5.41) is 9.33. The molecule has 236 valence electrons. The van der Waals surface area contributed by atoms with Gasteiger partial charge in [-0.25, -0.2) is 0 Å². The number of ether oxygens (including phenoxy) is 1. The molecule has 1 spiro atoms. The zero-order valence-electron chi connectivity index (χ0n) is 26.5. The molecule has 3 fully saturated rings. The molecule has 9 heteroatoms. The molecule has 43 heavy (non-hydrogen) atoms. The third-order valence-corrected chi connectivity index (χ3v) is 9.88. The number of aliphatic hydroxyl groups excluding tert-OH is 1. The average molecular weight is 595 g/mol. The van der Waals surface area contributed by atoms with Gasteiger partial charge in [0.2, 0.25) is 11.8 Å². The first-order valence-corrected chi connectivity index (χ1v) is 15.9. The Morgan fingerprint density at radius 3 is 2.23 bits per heavy atom. The summed E-state index contributed by atoms with van der Waals surface area (Å²) >= 11 is 0. The normalized spacial score (nSPS) is 27.2. The Balaban J connectivity index is 1.77. The van der Waals surface area contributed by atoms with Gasteiger partial charge < -0.3 is 29.4 Å². The first kappa shape index (κ1) is 32.7. The Bertz CT molecular complexity index is 1180. The summed E-state index contributed by atoms with van der Waals surface area (Å²) in [6, 6.07) is 7.07. The minimum Gasteiger partial charge on any atom is -0.396 e. The van der Waals surface area contributed by atoms with Crippen LogP contribution in [0.3, 0.4) is 0 Å². The van der Waals surface area contributed by atoms with Crippen LogP contribution in [0.5, 0.6) is 0 Å². The van der Waals surface area contributed by atoms with E-state index in [1.807, 2.05) is 31.2 Å². The van der Waals surface area contributed by atoms with Crippen LogP contribution >= 0.6 is 0 Å². The van der Waals surface area contributed by atoms with Gasteiger partial charge in [0.1, 0.15) is 11.6 Å². The van der Waals surface area contributed by atoms with Crippen molar-refractivity contribution in [1.82, 2.24) is 9.80 Å². The zero-order chi connectivity index (χ0) is 31.4. The monoisotopic (exact) mass is 594 g/mol. The topological polar surface area (TPSA) is 93.6 Å². The maximum absolute atomic E-state index is 14.8. The van der Waals surface area contributed by atoms with Gasteiger partial charge in [-0.3, -0.25) is 14.4 Å². The van der Waals surface area contributed by atoms with Crippen molar-refractivity contribution >= 4 is 29.1 Å². The van der Waals surface area contributed by atoms with Crippen LogP contribution in [0.15, 0.2) is 49.6 Å². The number of hydrogen-bond donors (Lipinski definition) is 1. The van der Waals surface area contributed by atoms with Crippen molar-refractivity contribution in [3.05, 3.63) is 49.6 Å². The number of rotatable bonds is 16. The lowest BCUT2D eigenvalue weighted by atomic mass is 9.64. The maximum Gasteiger partial charge on any atom is 0.253 e. The van der Waals surface area contributed by atoms with Crippen molar-refractivity contribution in [1.29, 1.82) is 0 Å². The van der Waals surface area contributed by atoms with Crippen molar-refractivity contribution in [3.8, 4) is 0 Å². The lowest BCUT2D eigenvalue weighted by Gasteiger charge is -2.37. The first-order chi connectivity index (χ1) is 20.7. The molecule has 3 aliphatic rings. The molecule has 3 heterocycles. The van der Waals surface area contributed by atoms with Crippen molar-refractivity contribution in [2.75, 3.05) is 56.2 Å². The van der Waals surface area contributed by atoms with Gasteiger partial charge in [-0.2, -0.15) is 0 Å². The Hall–Kier alpha value is -3.17. The van der Waals surface area contributed by atoms with Gasteiger partial charge in [-0.1, -0.05) is 19.1 Å². The van der Waals surface area contributed by atoms with E-state index in [9.17, 15) is 19.5 Å². The fraction of sp³-hybridized carbons (Fsp3) is 0.618. The second-order valence-corrected chi connectivity index (χ2v) is 12.1. The molecule has 5 atom stereocenters. The third kappa shape index (κ3) is 5.62. The van der Waals surface area contributed by atoms with E-state index in [0.29, 0.717) is 45.2 Å². The largest absolute Gasteiger partial charge is 0.396 e. The molecule has 0 aliphatic carbocycles. The lowest BCUT2D eigenvalue weighted by molar-refractivity contribution is -0.150. The number of fused-ring (bicyclic) bond motifs is 1. The summed E-state index contributed by atoms with van der Waals surface area (Å²) in [4.78, 5) is 50.4. The fourth-order valence-electron chi connectivity index (χ4n) is 7.74. The van der Waals surface area contributed by atoms with Gasteiger partial charge in [0.05, 0.1) is 17.4 Å². The highest BCUT2D eigenvalue weighted by atomic mass is 16.5. The van der Waals surface area contributed by atoms with E-state index < -0.39 is 29.1 Å². The molecule has 3 amide bonds. The highest BCUT2D eigenvalue weighted by Gasteiger charge is 2.78. The van der Waals surface area contributed by atoms with Crippen molar-refractivity contribution < 1.29 is 24.2 Å². The zero-order valence-corrected chi connectivity index (χ0v) is 26.5. The minimum absolute atomic E-state index is 0.0772. The number of carbonyl (C=O) groups excluding carboxylic acids is 3. The molecule has 0 radical (unpaired) electrons. The molecule has 1 N–H and O–H groups in total. The standard InChI is InChI=1S/C34H50N4O5/c1-7-21-35(6)30(40)27-28-31(41)38(23-13-12-14-24-39)29(34(28)20-19-33(27,9-3)43-34)32(42)37(22-8-2)26-17-15-25(16-18-26)36(10-4)11-5/h7-8,15-18,27-29,39H,1-2,9-14,19-24H2,3-6H3/t27-,28+,29?,33+,34?/m1/s1. The highest BCUT2D eigenvalue weighted by molar-refractivity contribution is 6.05. The molecule has 9 nitrogen and oxygen atoms in total. The van der Waals surface area contributed by atoms with Gasteiger partial charge in [0.25, 0.3) is 5.91 Å². The van der Waals surface area contributed by atoms with Gasteiger partial charge in [0.15, 0.2) is 0 Å². The molecule has 1 aromatic carbocycles. The number of likely N-dealkylation sites (N-methyl/N-ethyl adjacent to an activating group) is 1. The molecule has 4 rings (SSSR count). The van der Waals surface area contributed by atoms with Crippen LogP contribution in [0.25, 0.3) is 0 Å².